The maximum atomic E-state index is 11.8. The summed E-state index contributed by atoms with van der Waals surface area (Å²) in [7, 11) is 0. The Kier molecular flexibility index (Phi) is 3.46. The lowest BCUT2D eigenvalue weighted by Gasteiger charge is -2.08. The standard InChI is InChI=1S/C15H15N5O2/c1-3-22-15(21)12-8-17-20(13(12)16)14-11-7-5-4-6-10(11)9(2)18-19-14/h4-8H,3,16H2,1-2H3. The van der Waals surface area contributed by atoms with Crippen molar-refractivity contribution < 1.29 is 9.53 Å². The second-order valence-corrected chi connectivity index (χ2v) is 4.73. The average molecular weight is 297 g/mol. The van der Waals surface area contributed by atoms with Gasteiger partial charge < -0.3 is 10.5 Å². The summed E-state index contributed by atoms with van der Waals surface area (Å²) in [5, 5.41) is 14.3. The number of anilines is 1. The molecule has 2 aromatic heterocycles. The monoisotopic (exact) mass is 297 g/mol. The van der Waals surface area contributed by atoms with Crippen LogP contribution in [0.3, 0.4) is 0 Å². The number of hydrogen-bond donors (Lipinski definition) is 1. The molecule has 2 N–H and O–H groups in total. The summed E-state index contributed by atoms with van der Waals surface area (Å²) in [6.45, 7) is 3.89. The minimum Gasteiger partial charge on any atom is -0.462 e. The Bertz CT molecular complexity index is 856. The second kappa shape index (κ2) is 5.44. The van der Waals surface area contributed by atoms with Crippen molar-refractivity contribution in [3.8, 4) is 5.82 Å². The fourth-order valence-electron chi connectivity index (χ4n) is 2.27. The van der Waals surface area contributed by atoms with Crippen molar-refractivity contribution in [2.75, 3.05) is 12.3 Å². The maximum Gasteiger partial charge on any atom is 0.343 e. The van der Waals surface area contributed by atoms with Gasteiger partial charge in [0.05, 0.1) is 18.5 Å². The highest BCUT2D eigenvalue weighted by Crippen LogP contribution is 2.24. The van der Waals surface area contributed by atoms with Crippen LogP contribution in [0.5, 0.6) is 0 Å². The van der Waals surface area contributed by atoms with Crippen LogP contribution >= 0.6 is 0 Å². The van der Waals surface area contributed by atoms with Gasteiger partial charge in [-0.25, -0.2) is 4.79 Å². The minimum atomic E-state index is -0.504. The number of ether oxygens (including phenoxy) is 1. The molecule has 0 unspecified atom stereocenters. The van der Waals surface area contributed by atoms with Crippen LogP contribution in [0.1, 0.15) is 23.0 Å². The molecule has 0 aliphatic rings. The molecule has 7 nitrogen and oxygen atoms in total. The number of nitrogen functional groups attached to an aromatic ring is 1. The number of esters is 1. The molecule has 0 atom stereocenters. The lowest BCUT2D eigenvalue weighted by molar-refractivity contribution is 0.0527. The molecule has 1 aromatic carbocycles. The van der Waals surface area contributed by atoms with Gasteiger partial charge in [-0.1, -0.05) is 24.3 Å². The Morgan fingerprint density at radius 2 is 2.00 bits per heavy atom. The molecule has 2 heterocycles. The molecule has 0 saturated heterocycles. The van der Waals surface area contributed by atoms with E-state index in [0.717, 1.165) is 16.5 Å². The van der Waals surface area contributed by atoms with E-state index in [9.17, 15) is 4.79 Å². The summed E-state index contributed by atoms with van der Waals surface area (Å²) in [6.07, 6.45) is 1.38. The van der Waals surface area contributed by atoms with Crippen LogP contribution in [0.2, 0.25) is 0 Å². The fourth-order valence-corrected chi connectivity index (χ4v) is 2.27. The van der Waals surface area contributed by atoms with E-state index in [1.807, 2.05) is 31.2 Å². The molecule has 0 fully saturated rings. The van der Waals surface area contributed by atoms with Crippen molar-refractivity contribution in [3.05, 3.63) is 41.7 Å². The molecule has 0 aliphatic carbocycles. The first-order chi connectivity index (χ1) is 10.6. The zero-order chi connectivity index (χ0) is 15.7. The molecule has 0 saturated carbocycles. The summed E-state index contributed by atoms with van der Waals surface area (Å²) in [5.74, 6) is 0.159. The van der Waals surface area contributed by atoms with Gasteiger partial charge in [0.15, 0.2) is 5.82 Å². The molecule has 22 heavy (non-hydrogen) atoms. The number of carbonyl (C=O) groups is 1. The van der Waals surface area contributed by atoms with Gasteiger partial charge in [-0.2, -0.15) is 14.9 Å². The highest BCUT2D eigenvalue weighted by molar-refractivity contribution is 5.95. The smallest absolute Gasteiger partial charge is 0.343 e. The first-order valence-corrected chi connectivity index (χ1v) is 6.86. The quantitative estimate of drug-likeness (QED) is 0.741. The van der Waals surface area contributed by atoms with E-state index >= 15 is 0 Å². The maximum absolute atomic E-state index is 11.8. The molecule has 0 bridgehead atoms. The van der Waals surface area contributed by atoms with Gasteiger partial charge in [0.1, 0.15) is 11.4 Å². The van der Waals surface area contributed by atoms with Crippen LogP contribution in [0.25, 0.3) is 16.6 Å². The normalized spacial score (nSPS) is 10.8. The molecule has 0 amide bonds. The third-order valence-electron chi connectivity index (χ3n) is 3.35. The Labute approximate surface area is 126 Å². The SMILES string of the molecule is CCOC(=O)c1cnn(-c2nnc(C)c3ccccc23)c1N. The highest BCUT2D eigenvalue weighted by Gasteiger charge is 2.19. The predicted octanol–water partition coefficient (Wildman–Crippen LogP) is 1.88. The van der Waals surface area contributed by atoms with Crippen LogP contribution in [0, 0.1) is 6.92 Å². The number of aryl methyl sites for hydroxylation is 1. The van der Waals surface area contributed by atoms with Gasteiger partial charge in [-0.05, 0) is 13.8 Å². The predicted molar refractivity (Wildman–Crippen MR) is 81.8 cm³/mol. The molecule has 3 rings (SSSR count). The van der Waals surface area contributed by atoms with Crippen LogP contribution in [-0.4, -0.2) is 32.6 Å². The molecule has 0 spiro atoms. The number of carbonyl (C=O) groups excluding carboxylic acids is 1. The van der Waals surface area contributed by atoms with E-state index in [4.69, 9.17) is 10.5 Å². The number of fused-ring (bicyclic) bond motifs is 1. The molecule has 0 radical (unpaired) electrons. The third-order valence-corrected chi connectivity index (χ3v) is 3.35. The van der Waals surface area contributed by atoms with Crippen molar-refractivity contribution in [1.29, 1.82) is 0 Å². The molecule has 3 aromatic rings. The van der Waals surface area contributed by atoms with E-state index in [0.29, 0.717) is 5.82 Å². The van der Waals surface area contributed by atoms with Gasteiger partial charge in [0.2, 0.25) is 0 Å². The van der Waals surface area contributed by atoms with Gasteiger partial charge in [0, 0.05) is 10.8 Å². The number of nitrogens with zero attached hydrogens (tertiary/aromatic N) is 4. The van der Waals surface area contributed by atoms with Crippen molar-refractivity contribution in [1.82, 2.24) is 20.0 Å². The molecular weight excluding hydrogens is 282 g/mol. The molecule has 0 aliphatic heterocycles. The summed E-state index contributed by atoms with van der Waals surface area (Å²) in [6, 6.07) is 7.70. The number of nitrogens with two attached hydrogens (primary N) is 1. The summed E-state index contributed by atoms with van der Waals surface area (Å²) in [4.78, 5) is 11.8. The van der Waals surface area contributed by atoms with Crippen LogP contribution in [0.15, 0.2) is 30.5 Å². The van der Waals surface area contributed by atoms with Gasteiger partial charge in [-0.3, -0.25) is 0 Å². The summed E-state index contributed by atoms with van der Waals surface area (Å²) < 4.78 is 6.36. The van der Waals surface area contributed by atoms with E-state index in [-0.39, 0.29) is 18.0 Å². The first kappa shape index (κ1) is 14.0. The third kappa shape index (κ3) is 2.16. The Hall–Kier alpha value is -2.96. The topological polar surface area (TPSA) is 95.9 Å². The lowest BCUT2D eigenvalue weighted by atomic mass is 10.1. The number of rotatable bonds is 3. The van der Waals surface area contributed by atoms with Crippen molar-refractivity contribution >= 4 is 22.6 Å². The van der Waals surface area contributed by atoms with E-state index < -0.39 is 5.97 Å². The Morgan fingerprint density at radius 1 is 1.27 bits per heavy atom. The molecule has 7 heteroatoms. The van der Waals surface area contributed by atoms with Crippen molar-refractivity contribution in [2.45, 2.75) is 13.8 Å². The Morgan fingerprint density at radius 3 is 2.73 bits per heavy atom. The highest BCUT2D eigenvalue weighted by atomic mass is 16.5. The fraction of sp³-hybridized carbons (Fsp3) is 0.200. The second-order valence-electron chi connectivity index (χ2n) is 4.73. The van der Waals surface area contributed by atoms with Crippen LogP contribution in [-0.2, 0) is 4.74 Å². The van der Waals surface area contributed by atoms with Crippen LogP contribution < -0.4 is 5.73 Å². The van der Waals surface area contributed by atoms with Gasteiger partial charge >= 0.3 is 5.97 Å². The van der Waals surface area contributed by atoms with E-state index in [1.54, 1.807) is 6.92 Å². The van der Waals surface area contributed by atoms with Crippen molar-refractivity contribution in [2.24, 2.45) is 0 Å². The van der Waals surface area contributed by atoms with Crippen molar-refractivity contribution in [3.63, 3.8) is 0 Å². The molecular formula is C15H15N5O2. The number of benzene rings is 1. The van der Waals surface area contributed by atoms with E-state index in [1.165, 1.54) is 10.9 Å². The van der Waals surface area contributed by atoms with Gasteiger partial charge in [-0.15, -0.1) is 5.10 Å². The van der Waals surface area contributed by atoms with Gasteiger partial charge in [0.25, 0.3) is 0 Å². The number of hydrogen-bond acceptors (Lipinski definition) is 6. The summed E-state index contributed by atoms with van der Waals surface area (Å²) in [5.41, 5.74) is 7.06. The molecule has 112 valence electrons. The lowest BCUT2D eigenvalue weighted by Crippen LogP contribution is -2.10. The Balaban J connectivity index is 2.17. The minimum absolute atomic E-state index is 0.182. The zero-order valence-electron chi connectivity index (χ0n) is 12.3. The number of aromatic nitrogens is 4. The van der Waals surface area contributed by atoms with Crippen LogP contribution in [0.4, 0.5) is 5.82 Å². The zero-order valence-corrected chi connectivity index (χ0v) is 12.3. The summed E-state index contributed by atoms with van der Waals surface area (Å²) >= 11 is 0. The van der Waals surface area contributed by atoms with E-state index in [2.05, 4.69) is 15.3 Å². The first-order valence-electron chi connectivity index (χ1n) is 6.86. The largest absolute Gasteiger partial charge is 0.462 e. The average Bonchev–Trinajstić information content (AvgIpc) is 2.90.